The van der Waals surface area contributed by atoms with E-state index < -0.39 is 4.92 Å². The SMILES string of the molecule is CC(NC(=NCc1ccc([N+](=O)[O-])cc1)NCCc1c[nH]c2ccccc12)C1CCCO1.I. The third kappa shape index (κ3) is 6.67. The zero-order chi connectivity index (χ0) is 22.3. The van der Waals surface area contributed by atoms with Gasteiger partial charge in [0.2, 0.25) is 0 Å². The van der Waals surface area contributed by atoms with Crippen LogP contribution in [0.4, 0.5) is 5.69 Å². The molecule has 1 aromatic heterocycles. The number of para-hydroxylation sites is 1. The molecular weight excluding hydrogens is 533 g/mol. The number of nitrogens with one attached hydrogen (secondary N) is 3. The van der Waals surface area contributed by atoms with Gasteiger partial charge in [0.25, 0.3) is 5.69 Å². The lowest BCUT2D eigenvalue weighted by molar-refractivity contribution is -0.384. The number of non-ortho nitro benzene ring substituents is 1. The van der Waals surface area contributed by atoms with E-state index in [1.54, 1.807) is 12.1 Å². The quantitative estimate of drug-likeness (QED) is 0.123. The van der Waals surface area contributed by atoms with Gasteiger partial charge in [-0.15, -0.1) is 24.0 Å². The molecule has 1 saturated heterocycles. The predicted octanol–water partition coefficient (Wildman–Crippen LogP) is 4.54. The molecule has 1 fully saturated rings. The molecule has 1 aliphatic heterocycles. The van der Waals surface area contributed by atoms with Crippen LogP contribution < -0.4 is 10.6 Å². The number of guanidine groups is 1. The molecule has 0 radical (unpaired) electrons. The van der Waals surface area contributed by atoms with E-state index in [1.807, 2.05) is 6.07 Å². The van der Waals surface area contributed by atoms with Gasteiger partial charge in [-0.25, -0.2) is 4.99 Å². The maximum atomic E-state index is 10.9. The summed E-state index contributed by atoms with van der Waals surface area (Å²) in [6.45, 7) is 4.07. The molecule has 0 aliphatic carbocycles. The van der Waals surface area contributed by atoms with Crippen LogP contribution in [-0.2, 0) is 17.7 Å². The fraction of sp³-hybridized carbons (Fsp3) is 0.375. The molecule has 0 bridgehead atoms. The number of aromatic nitrogens is 1. The van der Waals surface area contributed by atoms with Crippen molar-refractivity contribution < 1.29 is 9.66 Å². The molecule has 2 aromatic carbocycles. The Bertz CT molecular complexity index is 1080. The summed E-state index contributed by atoms with van der Waals surface area (Å²) in [5.41, 5.74) is 3.40. The van der Waals surface area contributed by atoms with Gasteiger partial charge in [-0.2, -0.15) is 0 Å². The van der Waals surface area contributed by atoms with E-state index >= 15 is 0 Å². The molecule has 3 N–H and O–H groups in total. The van der Waals surface area contributed by atoms with Gasteiger partial charge in [0.1, 0.15) is 0 Å². The van der Waals surface area contributed by atoms with Gasteiger partial charge in [-0.05, 0) is 43.4 Å². The van der Waals surface area contributed by atoms with E-state index in [0.29, 0.717) is 12.5 Å². The molecular formula is C24H30IN5O3. The first kappa shape index (κ1) is 25.0. The lowest BCUT2D eigenvalue weighted by Crippen LogP contribution is -2.47. The van der Waals surface area contributed by atoms with Gasteiger partial charge in [0.15, 0.2) is 5.96 Å². The first-order valence-electron chi connectivity index (χ1n) is 11.0. The second-order valence-corrected chi connectivity index (χ2v) is 8.11. The highest BCUT2D eigenvalue weighted by Crippen LogP contribution is 2.18. The van der Waals surface area contributed by atoms with Crippen LogP contribution in [-0.4, -0.2) is 41.2 Å². The number of ether oxygens (including phenoxy) is 1. The van der Waals surface area contributed by atoms with Gasteiger partial charge in [-0.3, -0.25) is 10.1 Å². The number of nitrogens with zero attached hydrogens (tertiary/aromatic N) is 2. The average molecular weight is 563 g/mol. The molecule has 2 atom stereocenters. The number of benzene rings is 2. The van der Waals surface area contributed by atoms with Crippen molar-refractivity contribution in [2.45, 2.75) is 44.9 Å². The van der Waals surface area contributed by atoms with Gasteiger partial charge in [0.05, 0.1) is 23.6 Å². The van der Waals surface area contributed by atoms with E-state index in [0.717, 1.165) is 43.5 Å². The van der Waals surface area contributed by atoms with Crippen LogP contribution >= 0.6 is 24.0 Å². The topological polar surface area (TPSA) is 105 Å². The largest absolute Gasteiger partial charge is 0.376 e. The standard InChI is InChI=1S/C24H29N5O3.HI/c1-17(23-7-4-14-32-23)28-24(27-15-18-8-10-20(11-9-18)29(30)31)25-13-12-19-16-26-22-6-3-2-5-21(19)22;/h2-3,5-6,8-11,16-17,23,26H,4,7,12-15H2,1H3,(H2,25,27,28);1H. The molecule has 4 rings (SSSR count). The number of hydrogen-bond acceptors (Lipinski definition) is 4. The number of nitro groups is 1. The minimum Gasteiger partial charge on any atom is -0.376 e. The zero-order valence-electron chi connectivity index (χ0n) is 18.6. The number of H-pyrrole nitrogens is 1. The molecule has 2 heterocycles. The van der Waals surface area contributed by atoms with E-state index in [-0.39, 0.29) is 41.8 Å². The van der Waals surface area contributed by atoms with E-state index in [1.165, 1.54) is 23.1 Å². The fourth-order valence-corrected chi connectivity index (χ4v) is 4.01. The Hall–Kier alpha value is -2.66. The number of hydrogen-bond donors (Lipinski definition) is 3. The van der Waals surface area contributed by atoms with E-state index in [4.69, 9.17) is 9.73 Å². The molecule has 1 aliphatic rings. The molecule has 0 spiro atoms. The first-order chi connectivity index (χ1) is 15.6. The number of nitro benzene ring substituents is 1. The molecule has 3 aromatic rings. The minimum absolute atomic E-state index is 0. The van der Waals surface area contributed by atoms with Crippen molar-refractivity contribution in [2.75, 3.05) is 13.2 Å². The summed E-state index contributed by atoms with van der Waals surface area (Å²) in [5.74, 6) is 0.714. The van der Waals surface area contributed by atoms with Crippen molar-refractivity contribution >= 4 is 46.5 Å². The molecule has 8 nitrogen and oxygen atoms in total. The number of aromatic amines is 1. The van der Waals surface area contributed by atoms with Gasteiger partial charge >= 0.3 is 0 Å². The highest BCUT2D eigenvalue weighted by molar-refractivity contribution is 14.0. The van der Waals surface area contributed by atoms with E-state index in [2.05, 4.69) is 46.9 Å². The van der Waals surface area contributed by atoms with Crippen LogP contribution in [0.3, 0.4) is 0 Å². The van der Waals surface area contributed by atoms with Gasteiger partial charge < -0.3 is 20.4 Å². The van der Waals surface area contributed by atoms with Crippen molar-refractivity contribution in [3.8, 4) is 0 Å². The number of fused-ring (bicyclic) bond motifs is 1. The lowest BCUT2D eigenvalue weighted by Gasteiger charge is -2.23. The molecule has 0 amide bonds. The van der Waals surface area contributed by atoms with Crippen molar-refractivity contribution in [3.63, 3.8) is 0 Å². The normalized spacial score (nSPS) is 16.9. The van der Waals surface area contributed by atoms with Gasteiger partial charge in [-0.1, -0.05) is 30.3 Å². The minimum atomic E-state index is -0.393. The summed E-state index contributed by atoms with van der Waals surface area (Å²) < 4.78 is 5.81. The van der Waals surface area contributed by atoms with Crippen molar-refractivity contribution in [3.05, 3.63) is 76.0 Å². The maximum Gasteiger partial charge on any atom is 0.269 e. The smallest absolute Gasteiger partial charge is 0.269 e. The third-order valence-corrected chi connectivity index (χ3v) is 5.82. The Morgan fingerprint density at radius 2 is 2.06 bits per heavy atom. The average Bonchev–Trinajstić information content (AvgIpc) is 3.48. The molecule has 33 heavy (non-hydrogen) atoms. The van der Waals surface area contributed by atoms with Gasteiger partial charge in [0, 0.05) is 42.4 Å². The van der Waals surface area contributed by atoms with Crippen LogP contribution in [0.5, 0.6) is 0 Å². The summed E-state index contributed by atoms with van der Waals surface area (Å²) >= 11 is 0. The van der Waals surface area contributed by atoms with E-state index in [9.17, 15) is 10.1 Å². The van der Waals surface area contributed by atoms with Crippen LogP contribution in [0, 0.1) is 10.1 Å². The summed E-state index contributed by atoms with van der Waals surface area (Å²) in [6.07, 6.45) is 5.22. The second-order valence-electron chi connectivity index (χ2n) is 8.11. The summed E-state index contributed by atoms with van der Waals surface area (Å²) in [6, 6.07) is 14.9. The van der Waals surface area contributed by atoms with Crippen LogP contribution in [0.15, 0.2) is 59.7 Å². The van der Waals surface area contributed by atoms with Crippen molar-refractivity contribution in [1.29, 1.82) is 0 Å². The number of rotatable bonds is 8. The summed E-state index contributed by atoms with van der Waals surface area (Å²) in [4.78, 5) is 18.5. The third-order valence-electron chi connectivity index (χ3n) is 5.82. The highest BCUT2D eigenvalue weighted by atomic mass is 127. The maximum absolute atomic E-state index is 10.9. The summed E-state index contributed by atoms with van der Waals surface area (Å²) in [5, 5.41) is 19.0. The molecule has 9 heteroatoms. The predicted molar refractivity (Wildman–Crippen MR) is 141 cm³/mol. The highest BCUT2D eigenvalue weighted by Gasteiger charge is 2.23. The monoisotopic (exact) mass is 563 g/mol. The molecule has 2 unspecified atom stereocenters. The second kappa shape index (κ2) is 12.0. The Kier molecular flexibility index (Phi) is 9.07. The first-order valence-corrected chi connectivity index (χ1v) is 11.0. The Morgan fingerprint density at radius 3 is 2.79 bits per heavy atom. The Morgan fingerprint density at radius 1 is 1.27 bits per heavy atom. The summed E-state index contributed by atoms with van der Waals surface area (Å²) in [7, 11) is 0. The van der Waals surface area contributed by atoms with Crippen molar-refractivity contribution in [2.24, 2.45) is 4.99 Å². The molecule has 0 saturated carbocycles. The zero-order valence-corrected chi connectivity index (χ0v) is 21.0. The van der Waals surface area contributed by atoms with Crippen LogP contribution in [0.25, 0.3) is 10.9 Å². The lowest BCUT2D eigenvalue weighted by atomic mass is 10.1. The van der Waals surface area contributed by atoms with Crippen LogP contribution in [0.1, 0.15) is 30.9 Å². The van der Waals surface area contributed by atoms with Crippen LogP contribution in [0.2, 0.25) is 0 Å². The number of aliphatic imine (C=N–C) groups is 1. The fourth-order valence-electron chi connectivity index (χ4n) is 4.01. The number of halogens is 1. The Balaban J connectivity index is 0.00000306. The Labute approximate surface area is 210 Å². The van der Waals surface area contributed by atoms with Crippen molar-refractivity contribution in [1.82, 2.24) is 15.6 Å². The molecule has 176 valence electrons.